The van der Waals surface area contributed by atoms with Crippen LogP contribution in [0.2, 0.25) is 0 Å². The first-order chi connectivity index (χ1) is 9.93. The summed E-state index contributed by atoms with van der Waals surface area (Å²) >= 11 is 0. The third-order valence-corrected chi connectivity index (χ3v) is 2.65. The van der Waals surface area contributed by atoms with Crippen molar-refractivity contribution >= 4 is 18.1 Å². The van der Waals surface area contributed by atoms with Crippen LogP contribution in [0.3, 0.4) is 0 Å². The van der Waals surface area contributed by atoms with Crippen LogP contribution in [-0.2, 0) is 0 Å². The van der Waals surface area contributed by atoms with Crippen LogP contribution >= 0.6 is 0 Å². The minimum atomic E-state index is -0.831. The number of aliphatic hydroxyl groups is 1. The summed E-state index contributed by atoms with van der Waals surface area (Å²) in [6.07, 6.45) is 2.67. The van der Waals surface area contributed by atoms with Crippen molar-refractivity contribution in [2.45, 2.75) is 32.3 Å². The average Bonchev–Trinajstić information content (AvgIpc) is 2.89. The van der Waals surface area contributed by atoms with Crippen molar-refractivity contribution < 1.29 is 19.2 Å². The van der Waals surface area contributed by atoms with E-state index in [2.05, 4.69) is 5.10 Å². The Morgan fingerprint density at radius 3 is 2.90 bits per heavy atom. The Hall–Kier alpha value is -2.42. The number of nitro groups is 1. The fourth-order valence-corrected chi connectivity index (χ4v) is 1.56. The lowest BCUT2D eigenvalue weighted by molar-refractivity contribution is -0.402. The lowest BCUT2D eigenvalue weighted by Crippen LogP contribution is -2.37. The van der Waals surface area contributed by atoms with Crippen molar-refractivity contribution in [1.29, 1.82) is 0 Å². The zero-order valence-electron chi connectivity index (χ0n) is 11.6. The van der Waals surface area contributed by atoms with Gasteiger partial charge in [-0.1, -0.05) is 19.8 Å². The molecule has 0 saturated heterocycles. The summed E-state index contributed by atoms with van der Waals surface area (Å²) in [6.45, 7) is 1.94. The van der Waals surface area contributed by atoms with Crippen LogP contribution in [0, 0.1) is 10.1 Å². The van der Waals surface area contributed by atoms with Crippen LogP contribution in [0.15, 0.2) is 21.7 Å². The second kappa shape index (κ2) is 8.00. The number of nitrogens with two attached hydrogens (primary N) is 1. The van der Waals surface area contributed by atoms with Gasteiger partial charge in [-0.15, -0.1) is 0 Å². The summed E-state index contributed by atoms with van der Waals surface area (Å²) in [5.74, 6) is -0.318. The number of hydrogen-bond donors (Lipinski definition) is 2. The molecule has 0 fully saturated rings. The number of unbranched alkanes of at least 4 members (excludes halogenated alkanes) is 1. The van der Waals surface area contributed by atoms with E-state index in [-0.39, 0.29) is 12.3 Å². The molecule has 0 aliphatic carbocycles. The molecule has 2 amide bonds. The highest BCUT2D eigenvalue weighted by Gasteiger charge is 2.15. The molecule has 1 aromatic heterocycles. The highest BCUT2D eigenvalue weighted by atomic mass is 16.6. The van der Waals surface area contributed by atoms with Gasteiger partial charge in [0.1, 0.15) is 4.92 Å². The fraction of sp³-hybridized carbons (Fsp3) is 0.500. The molecule has 0 aliphatic heterocycles. The van der Waals surface area contributed by atoms with E-state index < -0.39 is 22.9 Å². The number of primary amides is 1. The first kappa shape index (κ1) is 16.6. The van der Waals surface area contributed by atoms with Gasteiger partial charge in [-0.25, -0.2) is 9.80 Å². The molecule has 1 unspecified atom stereocenters. The van der Waals surface area contributed by atoms with Crippen molar-refractivity contribution in [3.63, 3.8) is 0 Å². The average molecular weight is 298 g/mol. The zero-order valence-corrected chi connectivity index (χ0v) is 11.6. The van der Waals surface area contributed by atoms with Gasteiger partial charge >= 0.3 is 11.9 Å². The number of carbonyl (C=O) groups is 1. The van der Waals surface area contributed by atoms with Crippen LogP contribution in [0.1, 0.15) is 31.9 Å². The zero-order chi connectivity index (χ0) is 15.8. The fourth-order valence-electron chi connectivity index (χ4n) is 1.56. The smallest absolute Gasteiger partial charge is 0.400 e. The Labute approximate surface area is 121 Å². The Morgan fingerprint density at radius 2 is 2.38 bits per heavy atom. The molecule has 9 heteroatoms. The minimum absolute atomic E-state index is 0.0470. The second-order valence-electron chi connectivity index (χ2n) is 4.39. The van der Waals surface area contributed by atoms with Crippen molar-refractivity contribution in [2.75, 3.05) is 6.54 Å². The predicted molar refractivity (Wildman–Crippen MR) is 74.8 cm³/mol. The van der Waals surface area contributed by atoms with Gasteiger partial charge in [0.15, 0.2) is 5.76 Å². The second-order valence-corrected chi connectivity index (χ2v) is 4.39. The molecule has 1 heterocycles. The number of aliphatic hydroxyl groups excluding tert-OH is 1. The highest BCUT2D eigenvalue weighted by molar-refractivity contribution is 5.79. The number of urea groups is 1. The number of hydrogen-bond acceptors (Lipinski definition) is 6. The standard InChI is InChI=1S/C12H18N4O5/c1-2-3-4-9(17)8-15(12(13)18)14-7-10-5-6-11(21-10)16(19)20/h5-7,9,17H,2-4,8H2,1H3,(H2,13,18)/b14-7-. The van der Waals surface area contributed by atoms with Gasteiger partial charge in [0.2, 0.25) is 0 Å². The summed E-state index contributed by atoms with van der Waals surface area (Å²) in [5, 5.41) is 24.8. The molecule has 0 spiro atoms. The lowest BCUT2D eigenvalue weighted by atomic mass is 10.1. The molecule has 0 aromatic carbocycles. The van der Waals surface area contributed by atoms with Gasteiger partial charge in [-0.05, 0) is 12.5 Å². The third-order valence-electron chi connectivity index (χ3n) is 2.65. The summed E-state index contributed by atoms with van der Waals surface area (Å²) in [6, 6.07) is 1.68. The normalized spacial score (nSPS) is 12.5. The van der Waals surface area contributed by atoms with Crippen LogP contribution in [0.4, 0.5) is 10.7 Å². The molecule has 1 rings (SSSR count). The Bertz CT molecular complexity index is 514. The van der Waals surface area contributed by atoms with E-state index in [0.717, 1.165) is 24.1 Å². The molecule has 116 valence electrons. The van der Waals surface area contributed by atoms with Gasteiger partial charge in [-0.2, -0.15) is 5.10 Å². The molecule has 3 N–H and O–H groups in total. The molecule has 0 radical (unpaired) electrons. The number of rotatable bonds is 8. The maximum absolute atomic E-state index is 11.2. The van der Waals surface area contributed by atoms with Crippen LogP contribution in [-0.4, -0.2) is 39.9 Å². The van der Waals surface area contributed by atoms with E-state index in [1.54, 1.807) is 0 Å². The first-order valence-electron chi connectivity index (χ1n) is 6.47. The van der Waals surface area contributed by atoms with E-state index >= 15 is 0 Å². The minimum Gasteiger partial charge on any atom is -0.400 e. The summed E-state index contributed by atoms with van der Waals surface area (Å²) in [5.41, 5.74) is 5.15. The summed E-state index contributed by atoms with van der Waals surface area (Å²) < 4.78 is 4.86. The third kappa shape index (κ3) is 5.61. The molecule has 1 atom stereocenters. The van der Waals surface area contributed by atoms with Crippen LogP contribution < -0.4 is 5.73 Å². The number of amides is 2. The molecular formula is C12H18N4O5. The molecule has 21 heavy (non-hydrogen) atoms. The molecule has 9 nitrogen and oxygen atoms in total. The number of nitrogens with zero attached hydrogens (tertiary/aromatic N) is 3. The summed E-state index contributed by atoms with van der Waals surface area (Å²) in [4.78, 5) is 21.0. The molecular weight excluding hydrogens is 280 g/mol. The van der Waals surface area contributed by atoms with Crippen molar-refractivity contribution in [3.8, 4) is 0 Å². The van der Waals surface area contributed by atoms with E-state index in [4.69, 9.17) is 10.2 Å². The molecule has 1 aromatic rings. The van der Waals surface area contributed by atoms with Gasteiger partial charge in [-0.3, -0.25) is 10.1 Å². The number of carbonyl (C=O) groups excluding carboxylic acids is 1. The van der Waals surface area contributed by atoms with E-state index in [0.29, 0.717) is 6.42 Å². The number of furan rings is 1. The van der Waals surface area contributed by atoms with E-state index in [1.807, 2.05) is 6.92 Å². The van der Waals surface area contributed by atoms with Crippen molar-refractivity contribution in [2.24, 2.45) is 10.8 Å². The topological polar surface area (TPSA) is 135 Å². The van der Waals surface area contributed by atoms with Crippen molar-refractivity contribution in [1.82, 2.24) is 5.01 Å². The van der Waals surface area contributed by atoms with Crippen molar-refractivity contribution in [3.05, 3.63) is 28.0 Å². The quantitative estimate of drug-likeness (QED) is 0.425. The highest BCUT2D eigenvalue weighted by Crippen LogP contribution is 2.14. The van der Waals surface area contributed by atoms with Crippen LogP contribution in [0.5, 0.6) is 0 Å². The van der Waals surface area contributed by atoms with Gasteiger partial charge in [0.25, 0.3) is 0 Å². The first-order valence-corrected chi connectivity index (χ1v) is 6.47. The Kier molecular flexibility index (Phi) is 6.34. The molecule has 0 saturated carbocycles. The molecule has 0 bridgehead atoms. The van der Waals surface area contributed by atoms with Gasteiger partial charge in [0, 0.05) is 0 Å². The van der Waals surface area contributed by atoms with Crippen LogP contribution in [0.25, 0.3) is 0 Å². The number of hydrazone groups is 1. The van der Waals surface area contributed by atoms with Gasteiger partial charge in [0.05, 0.1) is 24.9 Å². The Morgan fingerprint density at radius 1 is 1.67 bits per heavy atom. The maximum atomic E-state index is 11.2. The Balaban J connectivity index is 2.66. The SMILES string of the molecule is CCCCC(O)CN(/N=C\c1ccc([N+](=O)[O-])o1)C(N)=O. The van der Waals surface area contributed by atoms with E-state index in [1.165, 1.54) is 12.1 Å². The summed E-state index contributed by atoms with van der Waals surface area (Å²) in [7, 11) is 0. The monoisotopic (exact) mass is 298 g/mol. The largest absolute Gasteiger partial charge is 0.433 e. The molecule has 0 aliphatic rings. The predicted octanol–water partition coefficient (Wildman–Crippen LogP) is 1.45. The van der Waals surface area contributed by atoms with Gasteiger partial charge < -0.3 is 15.3 Å². The van der Waals surface area contributed by atoms with E-state index in [9.17, 15) is 20.0 Å². The lowest BCUT2D eigenvalue weighted by Gasteiger charge is -2.18. The maximum Gasteiger partial charge on any atom is 0.433 e.